The molecule has 0 amide bonds. The van der Waals surface area contributed by atoms with Gasteiger partial charge in [0.1, 0.15) is 27.9 Å². The summed E-state index contributed by atoms with van der Waals surface area (Å²) in [7, 11) is -2.03. The molecular weight excluding hydrogens is 268 g/mol. The second kappa shape index (κ2) is 6.39. The molecule has 104 valence electrons. The minimum Gasteiger partial charge on any atom is -0.453 e. The van der Waals surface area contributed by atoms with Gasteiger partial charge in [-0.2, -0.15) is 0 Å². The van der Waals surface area contributed by atoms with E-state index in [9.17, 15) is 4.21 Å². The van der Waals surface area contributed by atoms with Gasteiger partial charge in [-0.15, -0.1) is 4.21 Å². The third-order valence-electron chi connectivity index (χ3n) is 2.45. The topological polar surface area (TPSA) is 43.2 Å². The van der Waals surface area contributed by atoms with E-state index in [1.807, 2.05) is 60.7 Å². The molecular formula is C16H18N2OS. The Morgan fingerprint density at radius 2 is 1.55 bits per heavy atom. The summed E-state index contributed by atoms with van der Waals surface area (Å²) in [6.07, 6.45) is 3.39. The van der Waals surface area contributed by atoms with Gasteiger partial charge in [-0.1, -0.05) is 60.7 Å². The first-order valence-corrected chi connectivity index (χ1v) is 8.71. The molecule has 4 heteroatoms. The van der Waals surface area contributed by atoms with Gasteiger partial charge in [-0.25, -0.2) is 0 Å². The maximum Gasteiger partial charge on any atom is 0.121 e. The van der Waals surface area contributed by atoms with Crippen molar-refractivity contribution in [3.05, 3.63) is 77.2 Å². The molecule has 0 radical (unpaired) electrons. The standard InChI is InChI=1S/C16H18N2OS/c1-20(2,19)13-16(17-14-9-5-3-6-10-14)18-15-11-7-4-8-12-15/h3-13,17H,1-2H3/b16-13-. The van der Waals surface area contributed by atoms with E-state index in [0.29, 0.717) is 5.82 Å². The van der Waals surface area contributed by atoms with E-state index in [0.717, 1.165) is 11.4 Å². The summed E-state index contributed by atoms with van der Waals surface area (Å²) in [4.78, 5) is 0. The van der Waals surface area contributed by atoms with Crippen molar-refractivity contribution in [2.75, 3.05) is 17.8 Å². The van der Waals surface area contributed by atoms with Gasteiger partial charge in [-0.3, -0.25) is 0 Å². The molecule has 3 nitrogen and oxygen atoms in total. The fourth-order valence-electron chi connectivity index (χ4n) is 1.66. The molecule has 0 bridgehead atoms. The quantitative estimate of drug-likeness (QED) is 0.830. The Morgan fingerprint density at radius 3 is 2.10 bits per heavy atom. The number of rotatable bonds is 5. The molecule has 0 aliphatic rings. The van der Waals surface area contributed by atoms with Gasteiger partial charge in [0.25, 0.3) is 0 Å². The van der Waals surface area contributed by atoms with Crippen LogP contribution in [-0.2, 0) is 14.1 Å². The van der Waals surface area contributed by atoms with Crippen LogP contribution in [0.5, 0.6) is 0 Å². The number of nitrogens with zero attached hydrogens (tertiary/aromatic N) is 1. The van der Waals surface area contributed by atoms with E-state index in [-0.39, 0.29) is 0 Å². The molecule has 0 aliphatic carbocycles. The van der Waals surface area contributed by atoms with Crippen molar-refractivity contribution >= 4 is 21.3 Å². The largest absolute Gasteiger partial charge is 0.453 e. The highest BCUT2D eigenvalue weighted by atomic mass is 32.2. The van der Waals surface area contributed by atoms with Gasteiger partial charge in [0.05, 0.1) is 0 Å². The number of hydrogen-bond acceptors (Lipinski definition) is 2. The van der Waals surface area contributed by atoms with Crippen molar-refractivity contribution in [1.82, 2.24) is 0 Å². The number of nitrogens with one attached hydrogen (secondary N) is 1. The van der Waals surface area contributed by atoms with Gasteiger partial charge >= 0.3 is 0 Å². The van der Waals surface area contributed by atoms with Crippen molar-refractivity contribution in [2.45, 2.75) is 0 Å². The average Bonchev–Trinajstić information content (AvgIpc) is 2.39. The van der Waals surface area contributed by atoms with E-state index < -0.39 is 9.93 Å². The van der Waals surface area contributed by atoms with Crippen molar-refractivity contribution in [3.63, 3.8) is 0 Å². The molecule has 0 spiro atoms. The number of benzene rings is 2. The zero-order valence-corrected chi connectivity index (χ0v) is 12.4. The summed E-state index contributed by atoms with van der Waals surface area (Å²) in [5.41, 5.74) is 1.74. The van der Waals surface area contributed by atoms with Crippen LogP contribution in [0.4, 0.5) is 11.4 Å². The van der Waals surface area contributed by atoms with Crippen LogP contribution in [0.2, 0.25) is 0 Å². The second-order valence-electron chi connectivity index (χ2n) is 4.75. The average molecular weight is 286 g/mol. The lowest BCUT2D eigenvalue weighted by molar-refractivity contribution is 0.595. The summed E-state index contributed by atoms with van der Waals surface area (Å²) in [5, 5.41) is 9.38. The van der Waals surface area contributed by atoms with Crippen LogP contribution >= 0.6 is 0 Å². The molecule has 2 rings (SSSR count). The fraction of sp³-hybridized carbons (Fsp3) is 0.125. The van der Waals surface area contributed by atoms with Crippen LogP contribution in [-0.4, -0.2) is 12.5 Å². The molecule has 0 heterocycles. The fourth-order valence-corrected chi connectivity index (χ4v) is 2.31. The molecule has 2 aromatic carbocycles. The second-order valence-corrected chi connectivity index (χ2v) is 7.60. The highest BCUT2D eigenvalue weighted by Crippen LogP contribution is 2.25. The predicted molar refractivity (Wildman–Crippen MR) is 87.5 cm³/mol. The number of anilines is 1. The number of hydrogen-bond donors (Lipinski definition) is 1. The van der Waals surface area contributed by atoms with Crippen LogP contribution in [0.3, 0.4) is 0 Å². The predicted octanol–water partition coefficient (Wildman–Crippen LogP) is 4.36. The molecule has 1 N–H and O–H groups in total. The third-order valence-corrected chi connectivity index (χ3v) is 3.24. The minimum absolute atomic E-state index is 0.595. The Morgan fingerprint density at radius 1 is 1.00 bits per heavy atom. The Balaban J connectivity index is 2.22. The highest BCUT2D eigenvalue weighted by Gasteiger charge is 2.07. The van der Waals surface area contributed by atoms with E-state index in [4.69, 9.17) is 0 Å². The zero-order chi connectivity index (χ0) is 14.4. The maximum absolute atomic E-state index is 12.0. The summed E-state index contributed by atoms with van der Waals surface area (Å²) in [6, 6.07) is 19.3. The zero-order valence-electron chi connectivity index (χ0n) is 11.6. The van der Waals surface area contributed by atoms with Crippen molar-refractivity contribution < 1.29 is 4.21 Å². The summed E-state index contributed by atoms with van der Waals surface area (Å²) >= 11 is 0. The smallest absolute Gasteiger partial charge is 0.121 e. The van der Waals surface area contributed by atoms with Crippen molar-refractivity contribution in [3.8, 4) is 0 Å². The van der Waals surface area contributed by atoms with Gasteiger partial charge in [0, 0.05) is 0 Å². The Labute approximate surface area is 121 Å². The Bertz CT molecular complexity index is 574. The maximum atomic E-state index is 12.0. The van der Waals surface area contributed by atoms with Crippen LogP contribution in [0.25, 0.3) is 5.32 Å². The first-order valence-electron chi connectivity index (χ1n) is 6.28. The van der Waals surface area contributed by atoms with Gasteiger partial charge < -0.3 is 10.6 Å². The molecule has 0 aliphatic heterocycles. The van der Waals surface area contributed by atoms with Gasteiger partial charge in [0.15, 0.2) is 0 Å². The van der Waals surface area contributed by atoms with E-state index in [1.165, 1.54) is 0 Å². The van der Waals surface area contributed by atoms with Crippen LogP contribution < -0.4 is 5.32 Å². The van der Waals surface area contributed by atoms with E-state index >= 15 is 0 Å². The summed E-state index contributed by atoms with van der Waals surface area (Å²) in [6.45, 7) is 0. The Hall–Kier alpha value is -2.07. The first kappa shape index (κ1) is 14.3. The van der Waals surface area contributed by atoms with Crippen LogP contribution in [0.15, 0.2) is 71.9 Å². The lowest BCUT2D eigenvalue weighted by atomic mass is 10.3. The van der Waals surface area contributed by atoms with Gasteiger partial charge in [-0.05, 0) is 17.2 Å². The molecule has 0 aromatic heterocycles. The third kappa shape index (κ3) is 4.90. The van der Waals surface area contributed by atoms with Gasteiger partial charge in [0.2, 0.25) is 0 Å². The van der Waals surface area contributed by atoms with Crippen molar-refractivity contribution in [1.29, 1.82) is 0 Å². The van der Waals surface area contributed by atoms with Crippen LogP contribution in [0.1, 0.15) is 0 Å². The Kier molecular flexibility index (Phi) is 4.58. The minimum atomic E-state index is -2.03. The highest BCUT2D eigenvalue weighted by molar-refractivity contribution is 8.04. The first-order chi connectivity index (χ1) is 9.53. The molecule has 20 heavy (non-hydrogen) atoms. The molecule has 0 unspecified atom stereocenters. The molecule has 2 aromatic rings. The normalized spacial score (nSPS) is 12.0. The van der Waals surface area contributed by atoms with Crippen molar-refractivity contribution in [2.24, 2.45) is 0 Å². The van der Waals surface area contributed by atoms with E-state index in [2.05, 4.69) is 10.6 Å². The van der Waals surface area contributed by atoms with Crippen LogP contribution in [0, 0.1) is 0 Å². The van der Waals surface area contributed by atoms with E-state index in [1.54, 1.807) is 17.9 Å². The molecule has 0 saturated heterocycles. The number of para-hydroxylation sites is 2. The lowest BCUT2D eigenvalue weighted by Crippen LogP contribution is -2.05. The monoisotopic (exact) mass is 286 g/mol. The molecule has 0 saturated carbocycles. The molecule has 0 fully saturated rings. The summed E-state index contributed by atoms with van der Waals surface area (Å²) in [5.74, 6) is 0.595. The lowest BCUT2D eigenvalue weighted by Gasteiger charge is -2.22. The summed E-state index contributed by atoms with van der Waals surface area (Å²) < 4.78 is 12.0. The SMILES string of the molecule is C[S+](C)(=O)/C=C(\[N-]c1ccccc1)Nc1ccccc1. The molecule has 0 atom stereocenters.